The van der Waals surface area contributed by atoms with Gasteiger partial charge in [0.25, 0.3) is 0 Å². The third-order valence-electron chi connectivity index (χ3n) is 5.67. The molecule has 1 saturated heterocycles. The summed E-state index contributed by atoms with van der Waals surface area (Å²) in [6.07, 6.45) is 5.92. The number of likely N-dealkylation sites (tertiary alicyclic amines) is 1. The number of piperidine rings is 1. The molecule has 0 aromatic heterocycles. The van der Waals surface area contributed by atoms with E-state index in [9.17, 15) is 9.59 Å². The summed E-state index contributed by atoms with van der Waals surface area (Å²) in [5.74, 6) is -1.10. The Morgan fingerprint density at radius 1 is 1.04 bits per heavy atom. The van der Waals surface area contributed by atoms with E-state index in [0.29, 0.717) is 13.1 Å². The molecule has 0 spiro atoms. The van der Waals surface area contributed by atoms with Crippen LogP contribution in [0.15, 0.2) is 18.2 Å². The largest absolute Gasteiger partial charge is 0.374 e. The van der Waals surface area contributed by atoms with Crippen molar-refractivity contribution in [3.05, 3.63) is 29.3 Å². The zero-order valence-corrected chi connectivity index (χ0v) is 16.6. The summed E-state index contributed by atoms with van der Waals surface area (Å²) < 4.78 is 0. The lowest BCUT2D eigenvalue weighted by Gasteiger charge is -2.36. The van der Waals surface area contributed by atoms with Crippen LogP contribution < -0.4 is 15.5 Å². The fourth-order valence-corrected chi connectivity index (χ4v) is 4.21. The Labute approximate surface area is 162 Å². The number of carbonyl (C=O) groups is 2. The summed E-state index contributed by atoms with van der Waals surface area (Å²) in [5, 5.41) is 5.41. The molecular weight excluding hydrogens is 340 g/mol. The molecular formula is C21H32N4O2. The van der Waals surface area contributed by atoms with Gasteiger partial charge in [-0.3, -0.25) is 14.5 Å². The minimum atomic E-state index is -0.554. The molecule has 0 aliphatic carbocycles. The molecule has 1 unspecified atom stereocenters. The highest BCUT2D eigenvalue weighted by atomic mass is 16.2. The summed E-state index contributed by atoms with van der Waals surface area (Å²) in [7, 11) is 2.15. The van der Waals surface area contributed by atoms with Crippen LogP contribution in [0.4, 0.5) is 5.69 Å². The molecule has 1 fully saturated rings. The summed E-state index contributed by atoms with van der Waals surface area (Å²) in [6.45, 7) is 5.92. The molecule has 1 atom stereocenters. The smallest absolute Gasteiger partial charge is 0.309 e. The first-order valence-corrected chi connectivity index (χ1v) is 10.2. The van der Waals surface area contributed by atoms with Crippen molar-refractivity contribution in [1.29, 1.82) is 0 Å². The Balaban J connectivity index is 1.77. The maximum atomic E-state index is 12.1. The molecule has 6 nitrogen and oxygen atoms in total. The number of rotatable bonds is 5. The van der Waals surface area contributed by atoms with Crippen molar-refractivity contribution >= 4 is 17.5 Å². The van der Waals surface area contributed by atoms with Gasteiger partial charge in [0.1, 0.15) is 0 Å². The molecule has 148 valence electrons. The Bertz CT molecular complexity index is 670. The van der Waals surface area contributed by atoms with Crippen molar-refractivity contribution in [3.63, 3.8) is 0 Å². The number of nitrogens with zero attached hydrogens (tertiary/aromatic N) is 2. The third-order valence-corrected chi connectivity index (χ3v) is 5.67. The van der Waals surface area contributed by atoms with Gasteiger partial charge in [-0.1, -0.05) is 18.6 Å². The molecule has 3 rings (SSSR count). The molecule has 2 amide bonds. The zero-order chi connectivity index (χ0) is 19.2. The van der Waals surface area contributed by atoms with Crippen molar-refractivity contribution in [2.24, 2.45) is 0 Å². The summed E-state index contributed by atoms with van der Waals surface area (Å²) in [5.41, 5.74) is 3.94. The SMILES string of the molecule is CCNC(=O)C(=O)NCC(c1ccc2c(c1)CCCN2C)N1CCCCC1. The second-order valence-corrected chi connectivity index (χ2v) is 7.60. The van der Waals surface area contributed by atoms with E-state index < -0.39 is 11.8 Å². The zero-order valence-electron chi connectivity index (χ0n) is 16.6. The van der Waals surface area contributed by atoms with E-state index in [4.69, 9.17) is 0 Å². The lowest BCUT2D eigenvalue weighted by atomic mass is 9.95. The van der Waals surface area contributed by atoms with Gasteiger partial charge >= 0.3 is 11.8 Å². The van der Waals surface area contributed by atoms with Gasteiger partial charge in [0.15, 0.2) is 0 Å². The molecule has 27 heavy (non-hydrogen) atoms. The van der Waals surface area contributed by atoms with E-state index in [0.717, 1.165) is 26.1 Å². The average molecular weight is 373 g/mol. The van der Waals surface area contributed by atoms with Crippen LogP contribution in [0.25, 0.3) is 0 Å². The van der Waals surface area contributed by atoms with Gasteiger partial charge in [-0.15, -0.1) is 0 Å². The molecule has 0 radical (unpaired) electrons. The lowest BCUT2D eigenvalue weighted by molar-refractivity contribution is -0.139. The van der Waals surface area contributed by atoms with Crippen molar-refractivity contribution in [2.75, 3.05) is 44.7 Å². The first kappa shape index (κ1) is 19.7. The number of nitrogens with one attached hydrogen (secondary N) is 2. The summed E-state index contributed by atoms with van der Waals surface area (Å²) >= 11 is 0. The fourth-order valence-electron chi connectivity index (χ4n) is 4.21. The molecule has 1 aromatic rings. The second-order valence-electron chi connectivity index (χ2n) is 7.60. The highest BCUT2D eigenvalue weighted by Crippen LogP contribution is 2.31. The molecule has 0 saturated carbocycles. The van der Waals surface area contributed by atoms with Crippen LogP contribution in [0.2, 0.25) is 0 Å². The van der Waals surface area contributed by atoms with Crippen LogP contribution in [0.1, 0.15) is 49.8 Å². The van der Waals surface area contributed by atoms with Crippen LogP contribution in [0.5, 0.6) is 0 Å². The quantitative estimate of drug-likeness (QED) is 0.775. The number of hydrogen-bond donors (Lipinski definition) is 2. The molecule has 1 aromatic carbocycles. The second kappa shape index (κ2) is 9.22. The number of amides is 2. The number of hydrogen-bond acceptors (Lipinski definition) is 4. The Hall–Kier alpha value is -2.08. The highest BCUT2D eigenvalue weighted by Gasteiger charge is 2.25. The van der Waals surface area contributed by atoms with Crippen LogP contribution in [-0.2, 0) is 16.0 Å². The Kier molecular flexibility index (Phi) is 6.72. The van der Waals surface area contributed by atoms with Crippen molar-refractivity contribution < 1.29 is 9.59 Å². The van der Waals surface area contributed by atoms with Gasteiger partial charge in [-0.25, -0.2) is 0 Å². The number of benzene rings is 1. The van der Waals surface area contributed by atoms with Gasteiger partial charge < -0.3 is 15.5 Å². The minimum absolute atomic E-state index is 0.112. The fraction of sp³-hybridized carbons (Fsp3) is 0.619. The standard InChI is InChI=1S/C21H32N4O2/c1-3-22-20(26)21(27)23-15-19(25-12-5-4-6-13-25)17-9-10-18-16(14-17)8-7-11-24(18)2/h9-10,14,19H,3-8,11-13,15H2,1-2H3,(H,22,26)(H,23,27). The first-order valence-electron chi connectivity index (χ1n) is 10.2. The number of aryl methyl sites for hydroxylation is 1. The van der Waals surface area contributed by atoms with Crippen LogP contribution >= 0.6 is 0 Å². The van der Waals surface area contributed by atoms with Crippen molar-refractivity contribution in [2.45, 2.75) is 45.1 Å². The van der Waals surface area contributed by atoms with Crippen LogP contribution in [0, 0.1) is 0 Å². The number of likely N-dealkylation sites (N-methyl/N-ethyl adjacent to an activating group) is 1. The first-order chi connectivity index (χ1) is 13.1. The van der Waals surface area contributed by atoms with Crippen molar-refractivity contribution in [3.8, 4) is 0 Å². The van der Waals surface area contributed by atoms with E-state index in [2.05, 4.69) is 45.7 Å². The normalized spacial score (nSPS) is 18.5. The number of carbonyl (C=O) groups excluding carboxylic acids is 2. The predicted octanol–water partition coefficient (Wildman–Crippen LogP) is 1.85. The van der Waals surface area contributed by atoms with E-state index in [1.165, 1.54) is 42.5 Å². The van der Waals surface area contributed by atoms with E-state index in [-0.39, 0.29) is 6.04 Å². The maximum absolute atomic E-state index is 12.1. The van der Waals surface area contributed by atoms with E-state index in [1.54, 1.807) is 0 Å². The molecule has 0 bridgehead atoms. The number of anilines is 1. The van der Waals surface area contributed by atoms with Crippen LogP contribution in [0.3, 0.4) is 0 Å². The summed E-state index contributed by atoms with van der Waals surface area (Å²) in [6, 6.07) is 6.83. The van der Waals surface area contributed by atoms with Crippen molar-refractivity contribution in [1.82, 2.24) is 15.5 Å². The molecule has 6 heteroatoms. The minimum Gasteiger partial charge on any atom is -0.374 e. The summed E-state index contributed by atoms with van der Waals surface area (Å²) in [4.78, 5) is 28.6. The predicted molar refractivity (Wildman–Crippen MR) is 108 cm³/mol. The molecule has 2 N–H and O–H groups in total. The van der Waals surface area contributed by atoms with Gasteiger partial charge in [0, 0.05) is 32.4 Å². The van der Waals surface area contributed by atoms with Crippen LogP contribution in [-0.4, -0.2) is 56.5 Å². The van der Waals surface area contributed by atoms with Gasteiger partial charge in [-0.05, 0) is 62.9 Å². The highest BCUT2D eigenvalue weighted by molar-refractivity contribution is 6.35. The average Bonchev–Trinajstić information content (AvgIpc) is 2.69. The third kappa shape index (κ3) is 4.80. The van der Waals surface area contributed by atoms with Gasteiger partial charge in [0.2, 0.25) is 0 Å². The maximum Gasteiger partial charge on any atom is 0.309 e. The molecule has 2 heterocycles. The van der Waals surface area contributed by atoms with Gasteiger partial charge in [-0.2, -0.15) is 0 Å². The van der Waals surface area contributed by atoms with Gasteiger partial charge in [0.05, 0.1) is 6.04 Å². The van der Waals surface area contributed by atoms with E-state index in [1.807, 2.05) is 6.92 Å². The topological polar surface area (TPSA) is 64.7 Å². The Morgan fingerprint density at radius 2 is 1.78 bits per heavy atom. The lowest BCUT2D eigenvalue weighted by Crippen LogP contribution is -2.45. The molecule has 2 aliphatic rings. The monoisotopic (exact) mass is 372 g/mol. The van der Waals surface area contributed by atoms with E-state index >= 15 is 0 Å². The Morgan fingerprint density at radius 3 is 2.52 bits per heavy atom. The number of fused-ring (bicyclic) bond motifs is 1. The molecule has 2 aliphatic heterocycles.